The van der Waals surface area contributed by atoms with Crippen LogP contribution in [0.15, 0.2) is 12.3 Å². The summed E-state index contributed by atoms with van der Waals surface area (Å²) in [7, 11) is 0. The minimum absolute atomic E-state index is 0.575. The Morgan fingerprint density at radius 1 is 0.481 bits per heavy atom. The van der Waals surface area contributed by atoms with E-state index in [0.717, 1.165) is 0 Å². The van der Waals surface area contributed by atoms with Gasteiger partial charge in [0.05, 0.1) is 44.3 Å². The van der Waals surface area contributed by atoms with Crippen LogP contribution >= 0.6 is 0 Å². The van der Waals surface area contributed by atoms with Crippen LogP contribution in [0.4, 0.5) is 0 Å². The Morgan fingerprint density at radius 2 is 0.981 bits per heavy atom. The number of ether oxygens (including phenoxy) is 9. The molecule has 5 rings (SSSR count). The van der Waals surface area contributed by atoms with Crippen molar-refractivity contribution in [2.45, 2.75) is 155 Å². The summed E-state index contributed by atoms with van der Waals surface area (Å²) in [6, 6.07) is -1.47. The van der Waals surface area contributed by atoms with E-state index in [9.17, 15) is 61.3 Å². The van der Waals surface area contributed by atoms with Crippen LogP contribution in [0, 0.1) is 0 Å². The first-order valence-corrected chi connectivity index (χ1v) is 16.9. The van der Waals surface area contributed by atoms with Crippen molar-refractivity contribution >= 4 is 0 Å². The summed E-state index contributed by atoms with van der Waals surface area (Å²) in [5.74, 6) is 0. The van der Waals surface area contributed by atoms with Gasteiger partial charge >= 0.3 is 0 Å². The van der Waals surface area contributed by atoms with Gasteiger partial charge in [0.15, 0.2) is 25.2 Å². The van der Waals surface area contributed by atoms with Crippen molar-refractivity contribution in [1.29, 1.82) is 0 Å². The van der Waals surface area contributed by atoms with E-state index < -0.39 is 161 Å². The van der Waals surface area contributed by atoms with E-state index in [2.05, 4.69) is 0 Å². The van der Waals surface area contributed by atoms with Crippen molar-refractivity contribution in [3.8, 4) is 0 Å². The third-order valence-corrected chi connectivity index (χ3v) is 9.90. The average molecular weight is 762 g/mol. The van der Waals surface area contributed by atoms with Crippen LogP contribution in [0.25, 0.3) is 0 Å². The maximum absolute atomic E-state index is 11.1. The molecular formula is C30H51NO21. The first kappa shape index (κ1) is 41.9. The van der Waals surface area contributed by atoms with Gasteiger partial charge in [0.1, 0.15) is 97.7 Å². The van der Waals surface area contributed by atoms with Crippen LogP contribution in [0.5, 0.6) is 0 Å². The molecule has 0 aromatic heterocycles. The van der Waals surface area contributed by atoms with Gasteiger partial charge in [-0.2, -0.15) is 0 Å². The SMILES string of the molecule is CC1O[C@@H](OC2C(O)[C@@H](O)C(CO)O[C@H]2O[C@H]2C(CO)O[C@@H](OC3C=COC(CO)[C@@H]3O)C(N)C2O[C@@H]2OC(C)[C@@H](O)C(O)C2O)C(O)C(O)[C@@H]1O. The summed E-state index contributed by atoms with van der Waals surface area (Å²) in [6.45, 7) is 0.497. The van der Waals surface area contributed by atoms with Gasteiger partial charge < -0.3 is 110 Å². The van der Waals surface area contributed by atoms with Crippen LogP contribution in [0.3, 0.4) is 0 Å². The smallest absolute Gasteiger partial charge is 0.187 e. The Balaban J connectivity index is 1.46. The fourth-order valence-corrected chi connectivity index (χ4v) is 6.62. The van der Waals surface area contributed by atoms with E-state index in [4.69, 9.17) is 48.4 Å². The predicted molar refractivity (Wildman–Crippen MR) is 163 cm³/mol. The Morgan fingerprint density at radius 3 is 1.52 bits per heavy atom. The normalized spacial score (nSPS) is 53.0. The molecule has 22 heteroatoms. The second kappa shape index (κ2) is 17.7. The Labute approximate surface area is 296 Å². The van der Waals surface area contributed by atoms with Gasteiger partial charge in [0.2, 0.25) is 0 Å². The Hall–Kier alpha value is -1.30. The summed E-state index contributed by atoms with van der Waals surface area (Å²) in [6.07, 6.45) is -32.0. The maximum Gasteiger partial charge on any atom is 0.187 e. The van der Waals surface area contributed by atoms with Crippen molar-refractivity contribution in [2.24, 2.45) is 5.73 Å². The molecular weight excluding hydrogens is 710 g/mol. The molecule has 14 unspecified atom stereocenters. The quantitative estimate of drug-likeness (QED) is 0.0929. The maximum atomic E-state index is 11.1. The fourth-order valence-electron chi connectivity index (χ4n) is 6.62. The van der Waals surface area contributed by atoms with Crippen LogP contribution in [-0.4, -0.2) is 222 Å². The van der Waals surface area contributed by atoms with Gasteiger partial charge in [-0.3, -0.25) is 0 Å². The first-order valence-electron chi connectivity index (χ1n) is 16.9. The average Bonchev–Trinajstić information content (AvgIpc) is 3.13. The van der Waals surface area contributed by atoms with Crippen LogP contribution in [0.2, 0.25) is 0 Å². The van der Waals surface area contributed by atoms with Gasteiger partial charge in [0, 0.05) is 0 Å². The molecule has 4 saturated heterocycles. The molecule has 5 aliphatic rings. The highest BCUT2D eigenvalue weighted by molar-refractivity contribution is 5.02. The topological polar surface area (TPSA) is 352 Å². The molecule has 22 nitrogen and oxygen atoms in total. The molecule has 52 heavy (non-hydrogen) atoms. The molecule has 23 atom stereocenters. The molecule has 5 aliphatic heterocycles. The molecule has 0 aromatic carbocycles. The zero-order chi connectivity index (χ0) is 38.2. The number of hydrogen-bond donors (Lipinski definition) is 13. The van der Waals surface area contributed by atoms with E-state index in [1.165, 1.54) is 26.2 Å². The number of nitrogens with two attached hydrogens (primary N) is 1. The third-order valence-electron chi connectivity index (χ3n) is 9.90. The van der Waals surface area contributed by atoms with E-state index in [1.54, 1.807) is 0 Å². The lowest BCUT2D eigenvalue weighted by atomic mass is 9.94. The van der Waals surface area contributed by atoms with Gasteiger partial charge in [-0.25, -0.2) is 0 Å². The highest BCUT2D eigenvalue weighted by Gasteiger charge is 2.56. The van der Waals surface area contributed by atoms with Crippen LogP contribution < -0.4 is 5.73 Å². The zero-order valence-corrected chi connectivity index (χ0v) is 28.2. The molecule has 14 N–H and O–H groups in total. The Kier molecular flexibility index (Phi) is 14.2. The second-order valence-electron chi connectivity index (χ2n) is 13.5. The summed E-state index contributed by atoms with van der Waals surface area (Å²) in [5.41, 5.74) is 6.60. The van der Waals surface area contributed by atoms with Gasteiger partial charge in [-0.15, -0.1) is 0 Å². The number of hydrogen-bond acceptors (Lipinski definition) is 22. The van der Waals surface area contributed by atoms with E-state index in [0.29, 0.717) is 0 Å². The van der Waals surface area contributed by atoms with E-state index in [1.807, 2.05) is 0 Å². The molecule has 302 valence electrons. The standard InChI is InChI=1S/C30H51NO21/c1-8-15(35)19(39)22(42)28(45-8)51-25-14(31)27(47-10-3-4-44-11(5-32)17(10)37)49-13(7-34)24(25)50-30-26(21(41)18(38)12(6-33)48-30)52-29-23(43)20(40)16(36)9(2)46-29/h3-4,8-30,32-43H,5-7,31H2,1-2H3/t8?,9?,10?,11?,12?,13?,14?,15-,16-,17-,18+,19?,20?,21?,22?,23?,24+,25?,26?,27-,28+,29+,30+/m1/s1. The summed E-state index contributed by atoms with van der Waals surface area (Å²) in [4.78, 5) is 0. The first-order chi connectivity index (χ1) is 24.6. The lowest BCUT2D eigenvalue weighted by Gasteiger charge is -2.50. The van der Waals surface area contributed by atoms with Gasteiger partial charge in [0.25, 0.3) is 0 Å². The summed E-state index contributed by atoms with van der Waals surface area (Å²) in [5, 5.41) is 125. The minimum Gasteiger partial charge on any atom is -0.493 e. The molecule has 5 heterocycles. The molecule has 0 spiro atoms. The van der Waals surface area contributed by atoms with Crippen molar-refractivity contribution in [3.63, 3.8) is 0 Å². The molecule has 0 radical (unpaired) electrons. The number of aliphatic hydroxyl groups is 12. The number of aliphatic hydroxyl groups excluding tert-OH is 12. The molecule has 4 fully saturated rings. The second-order valence-corrected chi connectivity index (χ2v) is 13.5. The largest absolute Gasteiger partial charge is 0.493 e. The minimum atomic E-state index is -1.92. The number of rotatable bonds is 11. The summed E-state index contributed by atoms with van der Waals surface area (Å²) >= 11 is 0. The highest BCUT2D eigenvalue weighted by atomic mass is 16.8. The highest BCUT2D eigenvalue weighted by Crippen LogP contribution is 2.36. The molecule has 0 bridgehead atoms. The molecule has 0 aliphatic carbocycles. The van der Waals surface area contributed by atoms with Gasteiger partial charge in [-0.05, 0) is 19.9 Å². The summed E-state index contributed by atoms with van der Waals surface area (Å²) < 4.78 is 51.9. The molecule has 0 saturated carbocycles. The predicted octanol–water partition coefficient (Wildman–Crippen LogP) is -8.07. The lowest BCUT2D eigenvalue weighted by molar-refractivity contribution is -0.393. The molecule has 0 aromatic rings. The van der Waals surface area contributed by atoms with E-state index in [-0.39, 0.29) is 0 Å². The van der Waals surface area contributed by atoms with Crippen molar-refractivity contribution in [2.75, 3.05) is 19.8 Å². The fraction of sp³-hybridized carbons (Fsp3) is 0.933. The van der Waals surface area contributed by atoms with Crippen LogP contribution in [-0.2, 0) is 42.6 Å². The van der Waals surface area contributed by atoms with Crippen LogP contribution in [0.1, 0.15) is 13.8 Å². The lowest BCUT2D eigenvalue weighted by Crippen LogP contribution is -2.69. The van der Waals surface area contributed by atoms with Gasteiger partial charge in [-0.1, -0.05) is 0 Å². The van der Waals surface area contributed by atoms with Crippen molar-refractivity contribution in [3.05, 3.63) is 12.3 Å². The monoisotopic (exact) mass is 761 g/mol. The third kappa shape index (κ3) is 8.42. The van der Waals surface area contributed by atoms with E-state index >= 15 is 0 Å². The van der Waals surface area contributed by atoms with Crippen molar-refractivity contribution in [1.82, 2.24) is 0 Å². The molecule has 0 amide bonds. The van der Waals surface area contributed by atoms with Crippen molar-refractivity contribution < 1.29 is 104 Å². The zero-order valence-electron chi connectivity index (χ0n) is 28.2. The Bertz CT molecular complexity index is 1160.